The number of amides is 2. The fourth-order valence-corrected chi connectivity index (χ4v) is 2.10. The van der Waals surface area contributed by atoms with Gasteiger partial charge in [-0.1, -0.05) is 24.3 Å². The molecule has 0 saturated heterocycles. The van der Waals surface area contributed by atoms with E-state index in [2.05, 4.69) is 10.6 Å². The average molecular weight is 332 g/mol. The minimum Gasteiger partial charge on any atom is -0.493 e. The molecule has 2 amide bonds. The second-order valence-corrected chi connectivity index (χ2v) is 5.06. The molecule has 0 bridgehead atoms. The summed E-state index contributed by atoms with van der Waals surface area (Å²) in [7, 11) is 1.58. The Morgan fingerprint density at radius 2 is 1.67 bits per heavy atom. The van der Waals surface area contributed by atoms with Gasteiger partial charge in [0.15, 0.2) is 11.5 Å². The van der Waals surface area contributed by atoms with E-state index in [1.165, 1.54) is 12.1 Å². The van der Waals surface area contributed by atoms with Gasteiger partial charge in [0.25, 0.3) is 0 Å². The molecule has 0 aromatic heterocycles. The predicted molar refractivity (Wildman–Crippen MR) is 90.0 cm³/mol. The normalized spacial score (nSPS) is 10.1. The molecular formula is C18H21FN2O3. The molecule has 2 N–H and O–H groups in total. The van der Waals surface area contributed by atoms with E-state index in [0.717, 1.165) is 5.56 Å². The van der Waals surface area contributed by atoms with Crippen molar-refractivity contribution in [1.29, 1.82) is 0 Å². The first-order valence-corrected chi connectivity index (χ1v) is 7.71. The maximum absolute atomic E-state index is 12.8. The molecule has 128 valence electrons. The van der Waals surface area contributed by atoms with Crippen LogP contribution in [0.2, 0.25) is 0 Å². The van der Waals surface area contributed by atoms with E-state index in [0.29, 0.717) is 37.6 Å². The van der Waals surface area contributed by atoms with Gasteiger partial charge in [-0.25, -0.2) is 9.18 Å². The van der Waals surface area contributed by atoms with E-state index in [9.17, 15) is 9.18 Å². The van der Waals surface area contributed by atoms with Crippen LogP contribution < -0.4 is 20.1 Å². The van der Waals surface area contributed by atoms with Crippen LogP contribution in [0.15, 0.2) is 48.5 Å². The van der Waals surface area contributed by atoms with E-state index in [-0.39, 0.29) is 11.8 Å². The summed E-state index contributed by atoms with van der Waals surface area (Å²) in [4.78, 5) is 11.7. The van der Waals surface area contributed by atoms with E-state index < -0.39 is 0 Å². The van der Waals surface area contributed by atoms with Gasteiger partial charge in [-0.3, -0.25) is 0 Å². The van der Waals surface area contributed by atoms with Crippen molar-refractivity contribution < 1.29 is 18.7 Å². The van der Waals surface area contributed by atoms with Crippen LogP contribution in [-0.4, -0.2) is 32.8 Å². The molecule has 0 atom stereocenters. The van der Waals surface area contributed by atoms with Crippen LogP contribution in [0.4, 0.5) is 9.18 Å². The smallest absolute Gasteiger partial charge is 0.314 e. The van der Waals surface area contributed by atoms with Crippen molar-refractivity contribution in [3.8, 4) is 11.5 Å². The van der Waals surface area contributed by atoms with Crippen LogP contribution in [0.1, 0.15) is 5.56 Å². The maximum atomic E-state index is 12.8. The van der Waals surface area contributed by atoms with Gasteiger partial charge in [-0.15, -0.1) is 0 Å². The number of hydrogen-bond donors (Lipinski definition) is 2. The van der Waals surface area contributed by atoms with Crippen LogP contribution in [-0.2, 0) is 6.42 Å². The summed E-state index contributed by atoms with van der Waals surface area (Å²) >= 11 is 0. The van der Waals surface area contributed by atoms with Crippen molar-refractivity contribution in [2.45, 2.75) is 6.42 Å². The molecule has 2 aromatic carbocycles. The van der Waals surface area contributed by atoms with Crippen LogP contribution in [0.25, 0.3) is 0 Å². The number of para-hydroxylation sites is 2. The number of urea groups is 1. The molecule has 0 unspecified atom stereocenters. The van der Waals surface area contributed by atoms with Gasteiger partial charge < -0.3 is 20.1 Å². The Hall–Kier alpha value is -2.76. The second kappa shape index (κ2) is 9.39. The molecule has 6 heteroatoms. The third-order valence-corrected chi connectivity index (χ3v) is 3.33. The first-order chi connectivity index (χ1) is 11.7. The van der Waals surface area contributed by atoms with Crippen molar-refractivity contribution in [3.63, 3.8) is 0 Å². The lowest BCUT2D eigenvalue weighted by Gasteiger charge is -2.11. The maximum Gasteiger partial charge on any atom is 0.314 e. The molecule has 0 aliphatic heterocycles. The average Bonchev–Trinajstić information content (AvgIpc) is 2.61. The zero-order chi connectivity index (χ0) is 17.2. The summed E-state index contributed by atoms with van der Waals surface area (Å²) in [6.07, 6.45) is 0.644. The first kappa shape index (κ1) is 17.6. The number of nitrogens with one attached hydrogen (secondary N) is 2. The highest BCUT2D eigenvalue weighted by Gasteiger charge is 2.03. The Labute approximate surface area is 140 Å². The largest absolute Gasteiger partial charge is 0.493 e. The summed E-state index contributed by atoms with van der Waals surface area (Å²) in [6, 6.07) is 13.3. The van der Waals surface area contributed by atoms with Crippen molar-refractivity contribution >= 4 is 6.03 Å². The minimum atomic E-state index is -0.264. The predicted octanol–water partition coefficient (Wildman–Crippen LogP) is 2.76. The molecular weight excluding hydrogens is 311 g/mol. The third-order valence-electron chi connectivity index (χ3n) is 3.33. The Bertz CT molecular complexity index is 647. The van der Waals surface area contributed by atoms with Gasteiger partial charge in [0.05, 0.1) is 13.7 Å². The van der Waals surface area contributed by atoms with Gasteiger partial charge in [-0.05, 0) is 36.2 Å². The fraction of sp³-hybridized carbons (Fsp3) is 0.278. The van der Waals surface area contributed by atoms with Crippen LogP contribution in [0, 0.1) is 5.82 Å². The SMILES string of the molecule is COc1ccccc1OCCNC(=O)NCCc1ccc(F)cc1. The topological polar surface area (TPSA) is 59.6 Å². The summed E-state index contributed by atoms with van der Waals surface area (Å²) in [5, 5.41) is 5.45. The molecule has 24 heavy (non-hydrogen) atoms. The molecule has 0 fully saturated rings. The minimum absolute atomic E-state index is 0.263. The number of halogens is 1. The first-order valence-electron chi connectivity index (χ1n) is 7.71. The number of carbonyl (C=O) groups excluding carboxylic acids is 1. The van der Waals surface area contributed by atoms with Gasteiger partial charge in [0.2, 0.25) is 0 Å². The second-order valence-electron chi connectivity index (χ2n) is 5.06. The van der Waals surface area contributed by atoms with Crippen molar-refractivity contribution in [2.75, 3.05) is 26.8 Å². The highest BCUT2D eigenvalue weighted by atomic mass is 19.1. The third kappa shape index (κ3) is 5.79. The van der Waals surface area contributed by atoms with Gasteiger partial charge in [0.1, 0.15) is 12.4 Å². The number of hydrogen-bond acceptors (Lipinski definition) is 3. The zero-order valence-corrected chi connectivity index (χ0v) is 13.5. The summed E-state index contributed by atoms with van der Waals surface area (Å²) in [5.41, 5.74) is 0.969. The highest BCUT2D eigenvalue weighted by Crippen LogP contribution is 2.25. The standard InChI is InChI=1S/C18H21FN2O3/c1-23-16-4-2-3-5-17(16)24-13-12-21-18(22)20-11-10-14-6-8-15(19)9-7-14/h2-9H,10-13H2,1H3,(H2,20,21,22). The van der Waals surface area contributed by atoms with Crippen molar-refractivity contribution in [1.82, 2.24) is 10.6 Å². The Morgan fingerprint density at radius 3 is 2.38 bits per heavy atom. The molecule has 0 spiro atoms. The Kier molecular flexibility index (Phi) is 6.89. The van der Waals surface area contributed by atoms with E-state index in [1.54, 1.807) is 19.2 Å². The molecule has 0 aliphatic carbocycles. The van der Waals surface area contributed by atoms with Gasteiger partial charge in [0, 0.05) is 6.54 Å². The lowest BCUT2D eigenvalue weighted by molar-refractivity contribution is 0.235. The molecule has 0 radical (unpaired) electrons. The lowest BCUT2D eigenvalue weighted by atomic mass is 10.1. The van der Waals surface area contributed by atoms with Crippen molar-refractivity contribution in [2.24, 2.45) is 0 Å². The zero-order valence-electron chi connectivity index (χ0n) is 13.5. The molecule has 5 nitrogen and oxygen atoms in total. The van der Waals surface area contributed by atoms with Crippen LogP contribution in [0.5, 0.6) is 11.5 Å². The number of ether oxygens (including phenoxy) is 2. The Morgan fingerprint density at radius 1 is 1.00 bits per heavy atom. The van der Waals surface area contributed by atoms with Gasteiger partial charge >= 0.3 is 6.03 Å². The van der Waals surface area contributed by atoms with E-state index >= 15 is 0 Å². The number of methoxy groups -OCH3 is 1. The fourth-order valence-electron chi connectivity index (χ4n) is 2.10. The highest BCUT2D eigenvalue weighted by molar-refractivity contribution is 5.73. The van der Waals surface area contributed by atoms with E-state index in [4.69, 9.17) is 9.47 Å². The summed E-state index contributed by atoms with van der Waals surface area (Å²) < 4.78 is 23.5. The number of carbonyl (C=O) groups is 1. The van der Waals surface area contributed by atoms with Crippen molar-refractivity contribution in [3.05, 3.63) is 59.9 Å². The monoisotopic (exact) mass is 332 g/mol. The Balaban J connectivity index is 1.60. The molecule has 2 aromatic rings. The molecule has 0 heterocycles. The van der Waals surface area contributed by atoms with Crippen LogP contribution in [0.3, 0.4) is 0 Å². The number of rotatable bonds is 8. The molecule has 2 rings (SSSR count). The lowest BCUT2D eigenvalue weighted by Crippen LogP contribution is -2.38. The summed E-state index contributed by atoms with van der Waals surface area (Å²) in [6.45, 7) is 1.19. The molecule has 0 aliphatic rings. The van der Waals surface area contributed by atoms with Crippen LogP contribution >= 0.6 is 0 Å². The van der Waals surface area contributed by atoms with Gasteiger partial charge in [-0.2, -0.15) is 0 Å². The molecule has 0 saturated carbocycles. The summed E-state index contributed by atoms with van der Waals surface area (Å²) in [5.74, 6) is 1.03. The van der Waals surface area contributed by atoms with E-state index in [1.807, 2.05) is 24.3 Å². The quantitative estimate of drug-likeness (QED) is 0.731. The number of benzene rings is 2.